The van der Waals surface area contributed by atoms with Crippen LogP contribution in [0.1, 0.15) is 10.6 Å². The Morgan fingerprint density at radius 3 is 2.79 bits per heavy atom. The molecule has 70 valence electrons. The zero-order valence-corrected chi connectivity index (χ0v) is 7.59. The third-order valence-corrected chi connectivity index (χ3v) is 2.01. The maximum Gasteiger partial charge on any atom is 0.220 e. The highest BCUT2D eigenvalue weighted by Crippen LogP contribution is 2.11. The minimum Gasteiger partial charge on any atom is -0.461 e. The summed E-state index contributed by atoms with van der Waals surface area (Å²) in [6, 6.07) is 3.36. The topological polar surface area (TPSA) is 30.2 Å². The minimum atomic E-state index is -0.0938. The highest BCUT2D eigenvalue weighted by atomic mass is 16.3. The van der Waals surface area contributed by atoms with Gasteiger partial charge in [-0.3, -0.25) is 4.79 Å². The van der Waals surface area contributed by atoms with Gasteiger partial charge in [0.25, 0.3) is 0 Å². The molecule has 1 aliphatic rings. The van der Waals surface area contributed by atoms with Crippen LogP contribution >= 0.6 is 0 Å². The maximum absolute atomic E-state index is 11.4. The van der Waals surface area contributed by atoms with Crippen molar-refractivity contribution in [2.75, 3.05) is 0 Å². The Hall–Kier alpha value is -1.83. The van der Waals surface area contributed by atoms with E-state index >= 15 is 0 Å². The average Bonchev–Trinajstić information content (AvgIpc) is 2.87. The van der Waals surface area contributed by atoms with Crippen LogP contribution in [0.2, 0.25) is 0 Å². The summed E-state index contributed by atoms with van der Waals surface area (Å²) in [4.78, 5) is 11.4. The molecule has 0 radical (unpaired) electrons. The van der Waals surface area contributed by atoms with Gasteiger partial charge >= 0.3 is 0 Å². The van der Waals surface area contributed by atoms with E-state index in [1.807, 2.05) is 30.4 Å². The Kier molecular flexibility index (Phi) is 2.45. The Labute approximate surface area is 82.2 Å². The van der Waals surface area contributed by atoms with Crippen LogP contribution in [-0.2, 0) is 0 Å². The minimum absolute atomic E-state index is 0.0938. The molecule has 1 aliphatic carbocycles. The molecule has 0 fully saturated rings. The molecule has 2 nitrogen and oxygen atoms in total. The van der Waals surface area contributed by atoms with Gasteiger partial charge in [-0.2, -0.15) is 0 Å². The fourth-order valence-electron chi connectivity index (χ4n) is 1.28. The van der Waals surface area contributed by atoms with Crippen LogP contribution in [-0.4, -0.2) is 5.78 Å². The zero-order chi connectivity index (χ0) is 9.80. The summed E-state index contributed by atoms with van der Waals surface area (Å²) < 4.78 is 4.97. The molecule has 0 saturated carbocycles. The van der Waals surface area contributed by atoms with Gasteiger partial charge in [0, 0.05) is 5.92 Å². The number of allylic oxidation sites excluding steroid dienone is 6. The lowest BCUT2D eigenvalue weighted by atomic mass is 10.1. The molecule has 0 saturated heterocycles. The number of hydrogen-bond acceptors (Lipinski definition) is 2. The summed E-state index contributed by atoms with van der Waals surface area (Å²) in [5.74, 6) is 0.532. The van der Waals surface area contributed by atoms with Crippen LogP contribution in [0.5, 0.6) is 0 Å². The number of carbonyl (C=O) groups excluding carboxylic acids is 1. The second-order valence-electron chi connectivity index (χ2n) is 3.05. The lowest BCUT2D eigenvalue weighted by Gasteiger charge is -1.93. The van der Waals surface area contributed by atoms with E-state index in [2.05, 4.69) is 0 Å². The van der Waals surface area contributed by atoms with E-state index in [0.717, 1.165) is 0 Å². The van der Waals surface area contributed by atoms with Crippen molar-refractivity contribution in [3.8, 4) is 0 Å². The first-order valence-corrected chi connectivity index (χ1v) is 4.47. The van der Waals surface area contributed by atoms with Crippen molar-refractivity contribution in [3.63, 3.8) is 0 Å². The van der Waals surface area contributed by atoms with Gasteiger partial charge in [0.2, 0.25) is 5.78 Å². The van der Waals surface area contributed by atoms with Gasteiger partial charge in [0.05, 0.1) is 6.26 Å². The molecule has 0 spiro atoms. The molecular formula is C12H10O2. The second kappa shape index (κ2) is 3.92. The van der Waals surface area contributed by atoms with Crippen LogP contribution in [0.15, 0.2) is 59.3 Å². The quantitative estimate of drug-likeness (QED) is 0.536. The third-order valence-electron chi connectivity index (χ3n) is 2.01. The summed E-state index contributed by atoms with van der Waals surface area (Å²) in [5, 5.41) is 0. The number of furan rings is 1. The molecule has 0 N–H and O–H groups in total. The predicted octanol–water partition coefficient (Wildman–Crippen LogP) is 2.76. The summed E-state index contributed by atoms with van der Waals surface area (Å²) in [7, 11) is 0. The monoisotopic (exact) mass is 186 g/mol. The largest absolute Gasteiger partial charge is 0.461 e. The predicted molar refractivity (Wildman–Crippen MR) is 53.9 cm³/mol. The Bertz CT molecular complexity index is 382. The van der Waals surface area contributed by atoms with Gasteiger partial charge in [0.1, 0.15) is 0 Å². The Morgan fingerprint density at radius 1 is 1.36 bits per heavy atom. The highest BCUT2D eigenvalue weighted by molar-refractivity contribution is 6.02. The second-order valence-corrected chi connectivity index (χ2v) is 3.05. The van der Waals surface area contributed by atoms with E-state index in [1.165, 1.54) is 6.26 Å². The van der Waals surface area contributed by atoms with E-state index in [4.69, 9.17) is 4.42 Å². The van der Waals surface area contributed by atoms with Crippen LogP contribution in [0.4, 0.5) is 0 Å². The van der Waals surface area contributed by atoms with E-state index in [1.54, 1.807) is 18.2 Å². The standard InChI is InChI=1S/C12H10O2/c13-11(12-6-3-9-14-12)8-7-10-4-1-2-5-10/h1-10H/b8-7+. The molecule has 2 rings (SSSR count). The van der Waals surface area contributed by atoms with Crippen LogP contribution in [0, 0.1) is 5.92 Å². The smallest absolute Gasteiger partial charge is 0.220 e. The van der Waals surface area contributed by atoms with Crippen molar-refractivity contribution in [2.24, 2.45) is 5.92 Å². The molecule has 1 heterocycles. The van der Waals surface area contributed by atoms with Crippen molar-refractivity contribution in [3.05, 3.63) is 60.6 Å². The van der Waals surface area contributed by atoms with Gasteiger partial charge in [-0.25, -0.2) is 0 Å². The van der Waals surface area contributed by atoms with Gasteiger partial charge in [-0.1, -0.05) is 30.4 Å². The zero-order valence-electron chi connectivity index (χ0n) is 7.59. The molecule has 0 unspecified atom stereocenters. The molecule has 0 atom stereocenters. The normalized spacial score (nSPS) is 15.7. The molecular weight excluding hydrogens is 176 g/mol. The van der Waals surface area contributed by atoms with E-state index < -0.39 is 0 Å². The average molecular weight is 186 g/mol. The van der Waals surface area contributed by atoms with E-state index in [-0.39, 0.29) is 11.7 Å². The Balaban J connectivity index is 2.01. The van der Waals surface area contributed by atoms with Crippen molar-refractivity contribution < 1.29 is 9.21 Å². The summed E-state index contributed by atoms with van der Waals surface area (Å²) >= 11 is 0. The van der Waals surface area contributed by atoms with Crippen LogP contribution in [0.25, 0.3) is 0 Å². The van der Waals surface area contributed by atoms with Crippen LogP contribution < -0.4 is 0 Å². The number of hydrogen-bond donors (Lipinski definition) is 0. The maximum atomic E-state index is 11.4. The molecule has 0 aliphatic heterocycles. The molecule has 1 aromatic rings. The lowest BCUT2D eigenvalue weighted by molar-refractivity contribution is 0.102. The first-order chi connectivity index (χ1) is 6.86. The molecule has 1 aromatic heterocycles. The van der Waals surface area contributed by atoms with E-state index in [0.29, 0.717) is 5.76 Å². The molecule has 2 heteroatoms. The first-order valence-electron chi connectivity index (χ1n) is 4.47. The van der Waals surface area contributed by atoms with Crippen molar-refractivity contribution in [2.45, 2.75) is 0 Å². The van der Waals surface area contributed by atoms with Crippen molar-refractivity contribution >= 4 is 5.78 Å². The molecule has 0 bridgehead atoms. The van der Waals surface area contributed by atoms with Gasteiger partial charge in [0.15, 0.2) is 5.76 Å². The fourth-order valence-corrected chi connectivity index (χ4v) is 1.28. The van der Waals surface area contributed by atoms with Crippen molar-refractivity contribution in [1.82, 2.24) is 0 Å². The fraction of sp³-hybridized carbons (Fsp3) is 0.0833. The molecule has 0 aromatic carbocycles. The van der Waals surface area contributed by atoms with E-state index in [9.17, 15) is 4.79 Å². The third kappa shape index (κ3) is 1.91. The highest BCUT2D eigenvalue weighted by Gasteiger charge is 2.05. The van der Waals surface area contributed by atoms with Gasteiger partial charge < -0.3 is 4.42 Å². The Morgan fingerprint density at radius 2 is 2.14 bits per heavy atom. The molecule has 14 heavy (non-hydrogen) atoms. The summed E-state index contributed by atoms with van der Waals surface area (Å²) in [6.07, 6.45) is 12.9. The van der Waals surface area contributed by atoms with Gasteiger partial charge in [-0.15, -0.1) is 0 Å². The van der Waals surface area contributed by atoms with Crippen LogP contribution in [0.3, 0.4) is 0 Å². The molecule has 0 amide bonds. The first kappa shape index (κ1) is 8.75. The summed E-state index contributed by atoms with van der Waals surface area (Å²) in [6.45, 7) is 0. The number of ketones is 1. The SMILES string of the molecule is O=C(/C=C/C1C=CC=C1)c1ccco1. The summed E-state index contributed by atoms with van der Waals surface area (Å²) in [5.41, 5.74) is 0. The number of carbonyl (C=O) groups is 1. The lowest BCUT2D eigenvalue weighted by Crippen LogP contribution is -1.92. The number of rotatable bonds is 3. The van der Waals surface area contributed by atoms with Crippen molar-refractivity contribution in [1.29, 1.82) is 0 Å². The van der Waals surface area contributed by atoms with Gasteiger partial charge in [-0.05, 0) is 18.2 Å².